The van der Waals surface area contributed by atoms with E-state index in [0.717, 1.165) is 62.5 Å². The Morgan fingerprint density at radius 1 is 1.04 bits per heavy atom. The number of fused-ring (bicyclic) bond motifs is 1. The number of para-hydroxylation sites is 2. The fourth-order valence-corrected chi connectivity index (χ4v) is 3.07. The standard InChI is InChI=1S/C18H22N6O/c1-2-5-16-15(4-1)22-17(14-25-16)19-8-9-23-10-12-24(13-11-23)18-20-6-3-7-21-18/h1-7H,8-14H2,(H,19,22). The molecule has 0 radical (unpaired) electrons. The highest BCUT2D eigenvalue weighted by Crippen LogP contribution is 2.26. The van der Waals surface area contributed by atoms with Gasteiger partial charge in [-0.3, -0.25) is 9.89 Å². The molecular weight excluding hydrogens is 316 g/mol. The molecule has 4 rings (SSSR count). The Bertz CT molecular complexity index is 727. The van der Waals surface area contributed by atoms with Crippen molar-refractivity contribution in [2.24, 2.45) is 4.99 Å². The zero-order chi connectivity index (χ0) is 16.9. The molecule has 25 heavy (non-hydrogen) atoms. The zero-order valence-corrected chi connectivity index (χ0v) is 14.1. The second-order valence-electron chi connectivity index (χ2n) is 6.12. The van der Waals surface area contributed by atoms with Crippen LogP contribution in [-0.2, 0) is 0 Å². The van der Waals surface area contributed by atoms with Gasteiger partial charge in [0.25, 0.3) is 0 Å². The van der Waals surface area contributed by atoms with Crippen LogP contribution >= 0.6 is 0 Å². The molecule has 1 N–H and O–H groups in total. The number of piperazine rings is 1. The minimum absolute atomic E-state index is 0.510. The third kappa shape index (κ3) is 3.88. The second kappa shape index (κ2) is 7.48. The van der Waals surface area contributed by atoms with Crippen LogP contribution in [0.3, 0.4) is 0 Å². The van der Waals surface area contributed by atoms with E-state index in [9.17, 15) is 0 Å². The van der Waals surface area contributed by atoms with E-state index in [0.29, 0.717) is 6.61 Å². The highest BCUT2D eigenvalue weighted by Gasteiger charge is 2.18. The molecule has 130 valence electrons. The van der Waals surface area contributed by atoms with Crippen LogP contribution in [0.1, 0.15) is 0 Å². The summed E-state index contributed by atoms with van der Waals surface area (Å²) in [6, 6.07) is 9.79. The van der Waals surface area contributed by atoms with Gasteiger partial charge >= 0.3 is 0 Å². The molecule has 0 bridgehead atoms. The number of aliphatic imine (C=N–C) groups is 1. The first-order valence-corrected chi connectivity index (χ1v) is 8.65. The van der Waals surface area contributed by atoms with Crippen LogP contribution in [0.2, 0.25) is 0 Å². The van der Waals surface area contributed by atoms with Gasteiger partial charge in [0.15, 0.2) is 0 Å². The van der Waals surface area contributed by atoms with E-state index in [1.54, 1.807) is 12.4 Å². The molecule has 1 aromatic heterocycles. The number of nitrogens with one attached hydrogen (secondary N) is 1. The minimum atomic E-state index is 0.510. The Labute approximate surface area is 147 Å². The lowest BCUT2D eigenvalue weighted by atomic mass is 10.2. The monoisotopic (exact) mass is 338 g/mol. The molecule has 0 saturated carbocycles. The molecule has 1 aromatic carbocycles. The molecule has 7 heteroatoms. The number of hydrogen-bond acceptors (Lipinski definition) is 6. The summed E-state index contributed by atoms with van der Waals surface area (Å²) in [5.41, 5.74) is 0.990. The molecule has 7 nitrogen and oxygen atoms in total. The SMILES string of the molecule is c1cnc(N2CCN(CCN=C3COc4ccccc4N3)CC2)nc1. The van der Waals surface area contributed by atoms with Gasteiger partial charge in [-0.25, -0.2) is 9.97 Å². The third-order valence-electron chi connectivity index (χ3n) is 4.46. The van der Waals surface area contributed by atoms with E-state index in [1.165, 1.54) is 0 Å². The molecule has 3 heterocycles. The van der Waals surface area contributed by atoms with E-state index in [1.807, 2.05) is 30.3 Å². The van der Waals surface area contributed by atoms with E-state index in [-0.39, 0.29) is 0 Å². The number of rotatable bonds is 4. The summed E-state index contributed by atoms with van der Waals surface area (Å²) in [4.78, 5) is 18.0. The van der Waals surface area contributed by atoms with E-state index in [2.05, 4.69) is 30.1 Å². The predicted molar refractivity (Wildman–Crippen MR) is 98.5 cm³/mol. The first-order chi connectivity index (χ1) is 12.4. The van der Waals surface area contributed by atoms with Crippen LogP contribution < -0.4 is 15.0 Å². The molecule has 0 unspecified atom stereocenters. The zero-order valence-electron chi connectivity index (χ0n) is 14.1. The van der Waals surface area contributed by atoms with Gasteiger partial charge in [0.1, 0.15) is 18.2 Å². The lowest BCUT2D eigenvalue weighted by Crippen LogP contribution is -2.47. The molecule has 2 aromatic rings. The van der Waals surface area contributed by atoms with Gasteiger partial charge in [0.05, 0.1) is 12.2 Å². The van der Waals surface area contributed by atoms with E-state index >= 15 is 0 Å². The average Bonchev–Trinajstić information content (AvgIpc) is 2.69. The number of hydrogen-bond donors (Lipinski definition) is 1. The highest BCUT2D eigenvalue weighted by atomic mass is 16.5. The van der Waals surface area contributed by atoms with Crippen LogP contribution in [0.5, 0.6) is 5.75 Å². The van der Waals surface area contributed by atoms with E-state index in [4.69, 9.17) is 4.74 Å². The summed E-state index contributed by atoms with van der Waals surface area (Å²) in [6.45, 7) is 6.17. The molecule has 0 spiro atoms. The van der Waals surface area contributed by atoms with Crippen molar-refractivity contribution in [2.45, 2.75) is 0 Å². The largest absolute Gasteiger partial charge is 0.484 e. The maximum Gasteiger partial charge on any atom is 0.225 e. The summed E-state index contributed by atoms with van der Waals surface area (Å²) in [6.07, 6.45) is 3.59. The second-order valence-corrected chi connectivity index (χ2v) is 6.12. The Balaban J connectivity index is 1.24. The molecule has 2 aliphatic rings. The number of nitrogens with zero attached hydrogens (tertiary/aromatic N) is 5. The van der Waals surface area contributed by atoms with Crippen molar-refractivity contribution in [3.05, 3.63) is 42.7 Å². The first-order valence-electron chi connectivity index (χ1n) is 8.65. The summed E-state index contributed by atoms with van der Waals surface area (Å²) in [5.74, 6) is 2.61. The van der Waals surface area contributed by atoms with Gasteiger partial charge in [-0.2, -0.15) is 0 Å². The van der Waals surface area contributed by atoms with Crippen LogP contribution in [0.15, 0.2) is 47.7 Å². The average molecular weight is 338 g/mol. The van der Waals surface area contributed by atoms with Gasteiger partial charge < -0.3 is 15.0 Å². The summed E-state index contributed by atoms with van der Waals surface area (Å²) in [7, 11) is 0. The molecule has 0 aliphatic carbocycles. The van der Waals surface area contributed by atoms with Gasteiger partial charge in [0.2, 0.25) is 5.95 Å². The number of ether oxygens (including phenoxy) is 1. The van der Waals surface area contributed by atoms with Crippen LogP contribution in [0.25, 0.3) is 0 Å². The Morgan fingerprint density at radius 3 is 2.68 bits per heavy atom. The Morgan fingerprint density at radius 2 is 1.84 bits per heavy atom. The normalized spacial score (nSPS) is 19.2. The topological polar surface area (TPSA) is 65.9 Å². The van der Waals surface area contributed by atoms with Crippen molar-refractivity contribution >= 4 is 17.5 Å². The summed E-state index contributed by atoms with van der Waals surface area (Å²) < 4.78 is 5.71. The maximum atomic E-state index is 5.71. The lowest BCUT2D eigenvalue weighted by Gasteiger charge is -2.34. The molecular formula is C18H22N6O. The smallest absolute Gasteiger partial charge is 0.225 e. The van der Waals surface area contributed by atoms with Crippen molar-refractivity contribution < 1.29 is 4.74 Å². The van der Waals surface area contributed by atoms with Crippen molar-refractivity contribution in [3.63, 3.8) is 0 Å². The quantitative estimate of drug-likeness (QED) is 0.911. The Kier molecular flexibility index (Phi) is 4.74. The van der Waals surface area contributed by atoms with Crippen LogP contribution in [0.4, 0.5) is 11.6 Å². The molecule has 2 aliphatic heterocycles. The highest BCUT2D eigenvalue weighted by molar-refractivity contribution is 5.99. The maximum absolute atomic E-state index is 5.71. The number of benzene rings is 1. The summed E-state index contributed by atoms with van der Waals surface area (Å²) in [5, 5.41) is 3.34. The molecule has 1 saturated heterocycles. The summed E-state index contributed by atoms with van der Waals surface area (Å²) >= 11 is 0. The van der Waals surface area contributed by atoms with Gasteiger partial charge in [0, 0.05) is 45.1 Å². The van der Waals surface area contributed by atoms with Crippen molar-refractivity contribution in [2.75, 3.05) is 56.1 Å². The van der Waals surface area contributed by atoms with Crippen LogP contribution in [-0.4, -0.2) is 66.6 Å². The fraction of sp³-hybridized carbons (Fsp3) is 0.389. The van der Waals surface area contributed by atoms with Gasteiger partial charge in [-0.15, -0.1) is 0 Å². The lowest BCUT2D eigenvalue weighted by molar-refractivity contribution is 0.263. The predicted octanol–water partition coefficient (Wildman–Crippen LogP) is 1.50. The molecule has 0 amide bonds. The minimum Gasteiger partial charge on any atom is -0.484 e. The number of amidine groups is 1. The van der Waals surface area contributed by atoms with Crippen molar-refractivity contribution in [1.82, 2.24) is 14.9 Å². The fourth-order valence-electron chi connectivity index (χ4n) is 3.07. The first kappa shape index (κ1) is 15.8. The molecule has 1 fully saturated rings. The Hall–Kier alpha value is -2.67. The van der Waals surface area contributed by atoms with Gasteiger partial charge in [-0.05, 0) is 18.2 Å². The van der Waals surface area contributed by atoms with Crippen molar-refractivity contribution in [3.8, 4) is 5.75 Å². The number of anilines is 2. The number of aromatic nitrogens is 2. The van der Waals surface area contributed by atoms with Crippen molar-refractivity contribution in [1.29, 1.82) is 0 Å². The van der Waals surface area contributed by atoms with Gasteiger partial charge in [-0.1, -0.05) is 12.1 Å². The van der Waals surface area contributed by atoms with E-state index < -0.39 is 0 Å². The molecule has 0 atom stereocenters. The van der Waals surface area contributed by atoms with Crippen LogP contribution in [0, 0.1) is 0 Å². The third-order valence-corrected chi connectivity index (χ3v) is 4.46.